The van der Waals surface area contributed by atoms with Crippen LogP contribution >= 0.6 is 0 Å². The molecule has 3 aromatic carbocycles. The lowest BCUT2D eigenvalue weighted by atomic mass is 9.91. The Bertz CT molecular complexity index is 4310. The summed E-state index contributed by atoms with van der Waals surface area (Å²) in [6.07, 6.45) is 13.4. The normalized spacial score (nSPS) is 16.0. The average molecular weight is 1250 g/mol. The Morgan fingerprint density at radius 2 is 0.903 bits per heavy atom. The second kappa shape index (κ2) is 26.8. The van der Waals surface area contributed by atoms with E-state index in [1.165, 1.54) is 34.1 Å². The number of carbonyl (C=O) groups is 1. The first-order valence-electron chi connectivity index (χ1n) is 33.0. The Morgan fingerprint density at radius 3 is 1.28 bits per heavy atom. The molecule has 480 valence electrons. The van der Waals surface area contributed by atoms with Gasteiger partial charge in [-0.2, -0.15) is 5.10 Å². The smallest absolute Gasteiger partial charge is 0.227 e. The highest BCUT2D eigenvalue weighted by atomic mass is 16.2. The van der Waals surface area contributed by atoms with Gasteiger partial charge < -0.3 is 39.1 Å². The first kappa shape index (κ1) is 62.0. The van der Waals surface area contributed by atoms with E-state index in [2.05, 4.69) is 218 Å². The Hall–Kier alpha value is -9.88. The summed E-state index contributed by atoms with van der Waals surface area (Å²) in [6, 6.07) is 40.4. The predicted molar refractivity (Wildman–Crippen MR) is 372 cm³/mol. The summed E-state index contributed by atoms with van der Waals surface area (Å²) in [7, 11) is 0. The summed E-state index contributed by atoms with van der Waals surface area (Å²) in [5.41, 5.74) is 27.7. The molecule has 0 spiro atoms. The number of amides is 1. The van der Waals surface area contributed by atoms with Crippen LogP contribution in [0.5, 0.6) is 0 Å². The molecule has 5 aliphatic heterocycles. The van der Waals surface area contributed by atoms with E-state index in [4.69, 9.17) is 15.0 Å². The molecule has 19 nitrogen and oxygen atoms in total. The number of nitrogens with zero attached hydrogens (tertiary/aromatic N) is 15. The highest BCUT2D eigenvalue weighted by Crippen LogP contribution is 2.38. The van der Waals surface area contributed by atoms with Crippen molar-refractivity contribution >= 4 is 28.7 Å². The third-order valence-corrected chi connectivity index (χ3v) is 18.6. The highest BCUT2D eigenvalue weighted by molar-refractivity contribution is 5.84. The molecule has 15 rings (SSSR count). The van der Waals surface area contributed by atoms with Gasteiger partial charge in [-0.3, -0.25) is 24.8 Å². The summed E-state index contributed by atoms with van der Waals surface area (Å²) < 4.78 is 9.00. The Kier molecular flexibility index (Phi) is 17.8. The van der Waals surface area contributed by atoms with Gasteiger partial charge >= 0.3 is 0 Å². The van der Waals surface area contributed by atoms with Crippen molar-refractivity contribution in [1.29, 1.82) is 0 Å². The fourth-order valence-electron chi connectivity index (χ4n) is 13.8. The van der Waals surface area contributed by atoms with E-state index in [0.717, 1.165) is 169 Å². The molecular formula is C74H88N18O. The van der Waals surface area contributed by atoms with Crippen molar-refractivity contribution in [3.63, 3.8) is 0 Å². The van der Waals surface area contributed by atoms with Gasteiger partial charge in [0.1, 0.15) is 17.5 Å². The summed E-state index contributed by atoms with van der Waals surface area (Å²) in [5, 5.41) is 9.45. The van der Waals surface area contributed by atoms with Crippen molar-refractivity contribution in [1.82, 2.24) is 69.7 Å². The molecule has 19 heteroatoms. The van der Waals surface area contributed by atoms with Crippen LogP contribution in [0.4, 0.5) is 22.7 Å². The quantitative estimate of drug-likeness (QED) is 0.105. The van der Waals surface area contributed by atoms with Crippen molar-refractivity contribution in [3.05, 3.63) is 215 Å². The van der Waals surface area contributed by atoms with Gasteiger partial charge in [0.25, 0.3) is 0 Å². The van der Waals surface area contributed by atoms with E-state index in [0.29, 0.717) is 17.8 Å². The largest absolute Gasteiger partial charge is 0.364 e. The number of hydrazine groups is 2. The monoisotopic (exact) mass is 1240 g/mol. The lowest BCUT2D eigenvalue weighted by Crippen LogP contribution is -2.35. The number of fused-ring (bicyclic) bond motifs is 3. The summed E-state index contributed by atoms with van der Waals surface area (Å²) in [5.74, 6) is 4.40. The van der Waals surface area contributed by atoms with E-state index in [1.807, 2.05) is 78.1 Å². The molecule has 5 aliphatic rings. The molecule has 12 heterocycles. The van der Waals surface area contributed by atoms with Gasteiger partial charge in [0, 0.05) is 118 Å². The van der Waals surface area contributed by atoms with Crippen LogP contribution in [-0.4, -0.2) is 85.5 Å². The predicted octanol–water partition coefficient (Wildman–Crippen LogP) is 13.2. The van der Waals surface area contributed by atoms with Crippen LogP contribution in [0.3, 0.4) is 0 Å². The molecule has 1 fully saturated rings. The number of rotatable bonds is 12. The minimum Gasteiger partial charge on any atom is -0.364 e. The minimum absolute atomic E-state index is 0. The van der Waals surface area contributed by atoms with E-state index in [1.54, 1.807) is 0 Å². The van der Waals surface area contributed by atoms with Gasteiger partial charge in [0.05, 0.1) is 93.9 Å². The molecule has 3 N–H and O–H groups in total. The zero-order valence-corrected chi connectivity index (χ0v) is 55.3. The van der Waals surface area contributed by atoms with E-state index in [-0.39, 0.29) is 13.3 Å². The fraction of sp³-hybridized carbons (Fsp3) is 0.351. The molecule has 10 aromatic rings. The van der Waals surface area contributed by atoms with Crippen LogP contribution in [0.2, 0.25) is 0 Å². The van der Waals surface area contributed by atoms with Gasteiger partial charge in [0.2, 0.25) is 5.91 Å². The van der Waals surface area contributed by atoms with Crippen LogP contribution in [0, 0.1) is 27.7 Å². The van der Waals surface area contributed by atoms with Crippen LogP contribution in [-0.2, 0) is 44.1 Å². The SMILES string of the molecule is Cc1ccn(-c2ccc(N3CCn4c(C)nc(-c5cccnc5C(C)C)c4C3)cc2)n1.Cc1nc(-c2cccnc2C(C)C)c2n1CCN(c1ccc(C3CCCNC3=O)cc1)C2.Cc1nc(-c2cccnc2C(C)C)c2n1CCN(c1ccc(N3C=CNN3)cc1)C2.[HH]. The Morgan fingerprint density at radius 1 is 0.495 bits per heavy atom. The highest BCUT2D eigenvalue weighted by Gasteiger charge is 2.30. The summed E-state index contributed by atoms with van der Waals surface area (Å²) >= 11 is 0. The van der Waals surface area contributed by atoms with Gasteiger partial charge in [-0.15, -0.1) is 5.53 Å². The van der Waals surface area contributed by atoms with E-state index < -0.39 is 0 Å². The number of piperidine rings is 1. The summed E-state index contributed by atoms with van der Waals surface area (Å²) in [6.45, 7) is 30.4. The number of benzene rings is 3. The first-order valence-corrected chi connectivity index (χ1v) is 33.0. The molecule has 7 aromatic heterocycles. The van der Waals surface area contributed by atoms with Gasteiger partial charge in [0.15, 0.2) is 0 Å². The van der Waals surface area contributed by atoms with Crippen LogP contribution < -0.4 is 36.0 Å². The lowest BCUT2D eigenvalue weighted by Gasteiger charge is -2.31. The molecular weight excluding hydrogens is 1160 g/mol. The van der Waals surface area contributed by atoms with Crippen LogP contribution in [0.15, 0.2) is 152 Å². The topological polar surface area (TPSA) is 176 Å². The third-order valence-electron chi connectivity index (χ3n) is 18.6. The molecule has 1 atom stereocenters. The van der Waals surface area contributed by atoms with Gasteiger partial charge in [-0.1, -0.05) is 53.7 Å². The number of aromatic nitrogens is 11. The molecule has 0 bridgehead atoms. The maximum atomic E-state index is 12.2. The number of hydrogen-bond acceptors (Lipinski definition) is 14. The molecule has 1 amide bonds. The van der Waals surface area contributed by atoms with Gasteiger partial charge in [-0.25, -0.2) is 19.6 Å². The maximum Gasteiger partial charge on any atom is 0.227 e. The van der Waals surface area contributed by atoms with Crippen molar-refractivity contribution in [2.75, 3.05) is 45.9 Å². The number of pyridine rings is 3. The molecule has 0 radical (unpaired) electrons. The number of anilines is 4. The molecule has 1 saturated heterocycles. The third kappa shape index (κ3) is 12.8. The molecule has 0 aliphatic carbocycles. The molecule has 93 heavy (non-hydrogen) atoms. The molecule has 0 saturated carbocycles. The number of nitrogens with one attached hydrogen (secondary N) is 3. The first-order chi connectivity index (χ1) is 45.1. The van der Waals surface area contributed by atoms with Crippen LogP contribution in [0.1, 0.15) is 142 Å². The standard InChI is InChI=1S/C26H31N5O.C25H28N6.C23H27N7.H2/c1-17(2)24-22(7-5-12-27-24)25-23-16-30(14-15-31(23)18(3)29-25)20-10-8-19(9-11-20)21-6-4-13-28-26(21)32;1-17(2)24-22(6-5-12-26-24)25-23-16-29(14-15-30(23)19(4)27-25)20-7-9-21(10-8-20)31-13-11-18(3)28-31;1-16(2)22-20(5-4-10-24-22)23-21-15-28(13-14-29(21)17(3)26-23)18-6-8-19(9-7-18)30-12-11-25-27-30;/h5,7-12,17,21H,4,6,13-16H2,1-3H3,(H,28,32);5-13,17H,14-16H2,1-4H3;4-12,16,25,27H,13-15H2,1-3H3;1H. The fourth-order valence-corrected chi connectivity index (χ4v) is 13.8. The number of aryl methyl sites for hydroxylation is 4. The number of imidazole rings is 3. The second-order valence-corrected chi connectivity index (χ2v) is 25.8. The number of hydrogen-bond donors (Lipinski definition) is 3. The number of carbonyl (C=O) groups excluding carboxylic acids is 1. The van der Waals surface area contributed by atoms with E-state index >= 15 is 0 Å². The lowest BCUT2D eigenvalue weighted by molar-refractivity contribution is -0.123. The van der Waals surface area contributed by atoms with Gasteiger partial charge in [-0.05, 0) is 167 Å². The zero-order chi connectivity index (χ0) is 64.4. The molecule has 1 unspecified atom stereocenters. The Labute approximate surface area is 547 Å². The van der Waals surface area contributed by atoms with Crippen molar-refractivity contribution < 1.29 is 6.22 Å². The Balaban J connectivity index is 0.000000135. The second-order valence-electron chi connectivity index (χ2n) is 25.8. The van der Waals surface area contributed by atoms with Crippen molar-refractivity contribution in [3.8, 4) is 39.5 Å². The van der Waals surface area contributed by atoms with Crippen molar-refractivity contribution in [2.24, 2.45) is 0 Å². The average Bonchev–Trinajstić information content (AvgIpc) is 1.63. The zero-order valence-electron chi connectivity index (χ0n) is 55.3. The summed E-state index contributed by atoms with van der Waals surface area (Å²) in [4.78, 5) is 48.4. The van der Waals surface area contributed by atoms with Crippen molar-refractivity contribution in [2.45, 2.75) is 145 Å². The van der Waals surface area contributed by atoms with Crippen LogP contribution in [0.25, 0.3) is 39.5 Å². The van der Waals surface area contributed by atoms with E-state index in [9.17, 15) is 4.79 Å². The maximum absolute atomic E-state index is 12.2. The minimum atomic E-state index is -0.0186.